The number of hydrogen-bond donors (Lipinski definition) is 3. The van der Waals surface area contributed by atoms with Gasteiger partial charge in [-0.25, -0.2) is 4.79 Å². The van der Waals surface area contributed by atoms with Crippen molar-refractivity contribution in [3.63, 3.8) is 0 Å². The molecule has 3 aromatic carbocycles. The molecule has 11 heteroatoms. The number of H-pyrrole nitrogens is 1. The van der Waals surface area contributed by atoms with Crippen LogP contribution in [0.4, 0.5) is 0 Å². The first-order valence-corrected chi connectivity index (χ1v) is 12.0. The van der Waals surface area contributed by atoms with Gasteiger partial charge in [0.1, 0.15) is 6.04 Å². The van der Waals surface area contributed by atoms with Gasteiger partial charge in [-0.05, 0) is 54.1 Å². The van der Waals surface area contributed by atoms with Gasteiger partial charge in [0.15, 0.2) is 0 Å². The number of nitrogens with one attached hydrogen (secondary N) is 2. The van der Waals surface area contributed by atoms with Crippen LogP contribution in [0.5, 0.6) is 0 Å². The summed E-state index contributed by atoms with van der Waals surface area (Å²) in [5, 5.41) is 28.0. The predicted octanol–water partition coefficient (Wildman–Crippen LogP) is 3.16. The summed E-state index contributed by atoms with van der Waals surface area (Å²) in [6.07, 6.45) is -0.565. The van der Waals surface area contributed by atoms with Crippen molar-refractivity contribution in [2.75, 3.05) is 6.61 Å². The average Bonchev–Trinajstić information content (AvgIpc) is 3.56. The molecule has 2 heterocycles. The molecule has 192 valence electrons. The van der Waals surface area contributed by atoms with Crippen molar-refractivity contribution < 1.29 is 24.2 Å². The van der Waals surface area contributed by atoms with Crippen LogP contribution in [0.3, 0.4) is 0 Å². The van der Waals surface area contributed by atoms with Gasteiger partial charge in [0.2, 0.25) is 5.82 Å². The third kappa shape index (κ3) is 4.94. The van der Waals surface area contributed by atoms with Gasteiger partial charge in [0, 0.05) is 39.5 Å². The monoisotopic (exact) mass is 512 g/mol. The van der Waals surface area contributed by atoms with Crippen molar-refractivity contribution in [2.45, 2.75) is 25.9 Å². The zero-order valence-electron chi connectivity index (χ0n) is 20.4. The number of benzene rings is 3. The first-order valence-electron chi connectivity index (χ1n) is 12.0. The molecule has 0 aliphatic heterocycles. The van der Waals surface area contributed by atoms with Gasteiger partial charge in [0.25, 0.3) is 5.91 Å². The minimum atomic E-state index is -1.27. The molecule has 5 rings (SSSR count). The summed E-state index contributed by atoms with van der Waals surface area (Å²) in [5.41, 5.74) is 4.21. The molecule has 0 bridgehead atoms. The molecule has 5 aromatic rings. The molecule has 11 nitrogen and oxygen atoms in total. The third-order valence-corrected chi connectivity index (χ3v) is 6.19. The molecule has 0 fully saturated rings. The Morgan fingerprint density at radius 2 is 1.79 bits per heavy atom. The minimum Gasteiger partial charge on any atom is -0.481 e. The van der Waals surface area contributed by atoms with Crippen molar-refractivity contribution >= 4 is 39.7 Å². The van der Waals surface area contributed by atoms with Crippen LogP contribution in [0.25, 0.3) is 33.2 Å². The van der Waals surface area contributed by atoms with E-state index < -0.39 is 30.3 Å². The summed E-state index contributed by atoms with van der Waals surface area (Å²) >= 11 is 0. The summed E-state index contributed by atoms with van der Waals surface area (Å²) in [6, 6.07) is 19.8. The van der Waals surface area contributed by atoms with E-state index in [4.69, 9.17) is 9.84 Å². The van der Waals surface area contributed by atoms with Gasteiger partial charge in [0.05, 0.1) is 13.0 Å². The van der Waals surface area contributed by atoms with Crippen molar-refractivity contribution in [1.82, 2.24) is 30.5 Å². The fraction of sp³-hybridized carbons (Fsp3) is 0.185. The Labute approximate surface area is 216 Å². The first-order chi connectivity index (χ1) is 18.4. The quantitative estimate of drug-likeness (QED) is 0.255. The number of esters is 1. The molecular formula is C27H24N6O5. The second kappa shape index (κ2) is 10.5. The number of rotatable bonds is 9. The zero-order chi connectivity index (χ0) is 26.6. The van der Waals surface area contributed by atoms with E-state index in [0.29, 0.717) is 17.9 Å². The number of carbonyl (C=O) groups excluding carboxylic acids is 2. The molecule has 0 spiro atoms. The van der Waals surface area contributed by atoms with E-state index in [0.717, 1.165) is 32.9 Å². The van der Waals surface area contributed by atoms with Crippen LogP contribution < -0.4 is 5.32 Å². The summed E-state index contributed by atoms with van der Waals surface area (Å²) in [7, 11) is 0. The Morgan fingerprint density at radius 1 is 1.03 bits per heavy atom. The van der Waals surface area contributed by atoms with Crippen LogP contribution in [0, 0.1) is 0 Å². The molecule has 1 unspecified atom stereocenters. The third-order valence-electron chi connectivity index (χ3n) is 6.19. The maximum absolute atomic E-state index is 12.7. The Balaban J connectivity index is 1.40. The van der Waals surface area contributed by atoms with E-state index in [1.165, 1.54) is 0 Å². The van der Waals surface area contributed by atoms with Crippen LogP contribution in [0.1, 0.15) is 29.3 Å². The largest absolute Gasteiger partial charge is 0.481 e. The molecule has 0 aliphatic rings. The molecule has 0 aliphatic carbocycles. The Kier molecular flexibility index (Phi) is 6.81. The number of amides is 1. The number of aromatic nitrogens is 5. The van der Waals surface area contributed by atoms with Gasteiger partial charge in [-0.2, -0.15) is 5.21 Å². The highest BCUT2D eigenvalue weighted by Gasteiger charge is 2.25. The molecule has 38 heavy (non-hydrogen) atoms. The topological polar surface area (TPSA) is 152 Å². The van der Waals surface area contributed by atoms with E-state index in [1.54, 1.807) is 19.1 Å². The van der Waals surface area contributed by atoms with Crippen LogP contribution in [-0.4, -0.2) is 60.8 Å². The van der Waals surface area contributed by atoms with Crippen molar-refractivity contribution in [3.05, 3.63) is 77.9 Å². The summed E-state index contributed by atoms with van der Waals surface area (Å²) in [5.74, 6) is -2.03. The molecule has 0 radical (unpaired) electrons. The fourth-order valence-corrected chi connectivity index (χ4v) is 4.44. The number of carboxylic acids is 1. The Bertz CT molecular complexity index is 1630. The standard InChI is InChI=1S/C27H24N6O5/c1-2-38-27(37)21(14-24(34)35)28-26(36)17-9-7-16(8-10-17)15-33-22-6-4-3-5-19(22)20-13-18(11-12-23(20)33)25-29-31-32-30-25/h3-13,21H,2,14-15H2,1H3,(H,28,36)(H,34,35)(H,29,30,31,32). The summed E-state index contributed by atoms with van der Waals surface area (Å²) < 4.78 is 7.08. The smallest absolute Gasteiger partial charge is 0.329 e. The number of tetrazole rings is 1. The molecule has 1 amide bonds. The maximum Gasteiger partial charge on any atom is 0.329 e. The predicted molar refractivity (Wildman–Crippen MR) is 138 cm³/mol. The molecule has 0 saturated heterocycles. The van der Waals surface area contributed by atoms with Crippen LogP contribution >= 0.6 is 0 Å². The van der Waals surface area contributed by atoms with Gasteiger partial charge < -0.3 is 19.7 Å². The summed E-state index contributed by atoms with van der Waals surface area (Å²) in [4.78, 5) is 35.9. The number of carboxylic acid groups (broad SMARTS) is 1. The lowest BCUT2D eigenvalue weighted by molar-refractivity contribution is -0.149. The number of ether oxygens (including phenoxy) is 1. The lowest BCUT2D eigenvalue weighted by Crippen LogP contribution is -2.43. The van der Waals surface area contributed by atoms with Gasteiger partial charge in [-0.1, -0.05) is 30.3 Å². The number of hydrogen-bond acceptors (Lipinski definition) is 7. The van der Waals surface area contributed by atoms with Gasteiger partial charge in [-0.15, -0.1) is 10.2 Å². The molecule has 1 atom stereocenters. The maximum atomic E-state index is 12.7. The average molecular weight is 513 g/mol. The number of aliphatic carboxylic acids is 1. The molecule has 2 aromatic heterocycles. The number of aromatic amines is 1. The second-order valence-electron chi connectivity index (χ2n) is 8.64. The molecule has 0 saturated carbocycles. The highest BCUT2D eigenvalue weighted by Crippen LogP contribution is 2.32. The van der Waals surface area contributed by atoms with E-state index >= 15 is 0 Å². The van der Waals surface area contributed by atoms with Crippen LogP contribution in [-0.2, 0) is 20.9 Å². The first kappa shape index (κ1) is 24.6. The fourth-order valence-electron chi connectivity index (χ4n) is 4.44. The summed E-state index contributed by atoms with van der Waals surface area (Å²) in [6.45, 7) is 2.25. The van der Waals surface area contributed by atoms with E-state index in [2.05, 4.69) is 42.6 Å². The number of nitrogens with zero attached hydrogens (tertiary/aromatic N) is 4. The highest BCUT2D eigenvalue weighted by molar-refractivity contribution is 6.09. The van der Waals surface area contributed by atoms with Crippen molar-refractivity contribution in [3.8, 4) is 11.4 Å². The number of para-hydroxylation sites is 1. The van der Waals surface area contributed by atoms with E-state index in [-0.39, 0.29) is 6.61 Å². The van der Waals surface area contributed by atoms with Crippen molar-refractivity contribution in [1.29, 1.82) is 0 Å². The minimum absolute atomic E-state index is 0.0840. The van der Waals surface area contributed by atoms with E-state index in [9.17, 15) is 14.4 Å². The number of fused-ring (bicyclic) bond motifs is 3. The van der Waals surface area contributed by atoms with Crippen LogP contribution in [0.15, 0.2) is 66.7 Å². The lowest BCUT2D eigenvalue weighted by atomic mass is 10.1. The number of carbonyl (C=O) groups is 3. The van der Waals surface area contributed by atoms with Crippen LogP contribution in [0.2, 0.25) is 0 Å². The molecular weight excluding hydrogens is 488 g/mol. The van der Waals surface area contributed by atoms with Gasteiger partial charge in [-0.3, -0.25) is 9.59 Å². The van der Waals surface area contributed by atoms with E-state index in [1.807, 2.05) is 42.5 Å². The zero-order valence-corrected chi connectivity index (χ0v) is 20.4. The Morgan fingerprint density at radius 3 is 2.50 bits per heavy atom. The lowest BCUT2D eigenvalue weighted by Gasteiger charge is -2.15. The Hall–Kier alpha value is -5.06. The SMILES string of the molecule is CCOC(=O)C(CC(=O)O)NC(=O)c1ccc(Cn2c3ccccc3c3cc(-c4nn[nH]n4)ccc32)cc1. The second-order valence-corrected chi connectivity index (χ2v) is 8.64. The normalized spacial score (nSPS) is 11.9. The van der Waals surface area contributed by atoms with Gasteiger partial charge >= 0.3 is 11.9 Å². The highest BCUT2D eigenvalue weighted by atomic mass is 16.5. The molecule has 3 N–H and O–H groups in total. The van der Waals surface area contributed by atoms with Crippen molar-refractivity contribution in [2.24, 2.45) is 0 Å².